The number of anilines is 2. The van der Waals surface area contributed by atoms with E-state index in [2.05, 4.69) is 4.98 Å². The number of carbonyl (C=O) groups excluding carboxylic acids is 1. The summed E-state index contributed by atoms with van der Waals surface area (Å²) >= 11 is 0. The van der Waals surface area contributed by atoms with Gasteiger partial charge < -0.3 is 20.3 Å². The number of hydrogen-bond acceptors (Lipinski definition) is 7. The van der Waals surface area contributed by atoms with Crippen molar-refractivity contribution < 1.29 is 14.5 Å². The van der Waals surface area contributed by atoms with Gasteiger partial charge in [-0.2, -0.15) is 0 Å². The lowest BCUT2D eigenvalue weighted by atomic mass is 10.2. The summed E-state index contributed by atoms with van der Waals surface area (Å²) in [5.74, 6) is 0.452. The maximum atomic E-state index is 12.2. The zero-order chi connectivity index (χ0) is 18.1. The number of nitrogen functional groups attached to an aromatic ring is 1. The maximum absolute atomic E-state index is 12.2. The normalized spacial score (nSPS) is 18.4. The molecule has 0 aromatic carbocycles. The Balaban J connectivity index is 2.07. The summed E-state index contributed by atoms with van der Waals surface area (Å²) in [4.78, 5) is 30.2. The minimum absolute atomic E-state index is 0.0770. The minimum Gasteiger partial charge on any atom is -0.444 e. The van der Waals surface area contributed by atoms with Gasteiger partial charge in [0.2, 0.25) is 5.82 Å². The second-order valence-corrected chi connectivity index (χ2v) is 6.80. The topological polar surface area (TPSA) is 115 Å². The Morgan fingerprint density at radius 3 is 2.58 bits per heavy atom. The molecule has 2 rings (SSSR count). The van der Waals surface area contributed by atoms with Crippen LogP contribution < -0.4 is 10.6 Å². The van der Waals surface area contributed by atoms with Crippen LogP contribution in [0.2, 0.25) is 0 Å². The molecule has 0 radical (unpaired) electrons. The van der Waals surface area contributed by atoms with Gasteiger partial charge >= 0.3 is 11.8 Å². The third-order valence-electron chi connectivity index (χ3n) is 3.66. The summed E-state index contributed by atoms with van der Waals surface area (Å²) in [5.41, 5.74) is 4.90. The first kappa shape index (κ1) is 17.8. The molecular formula is C15H23N5O4. The fraction of sp³-hybridized carbons (Fsp3) is 0.600. The van der Waals surface area contributed by atoms with E-state index >= 15 is 0 Å². The number of ether oxygens (including phenoxy) is 1. The van der Waals surface area contributed by atoms with E-state index in [0.29, 0.717) is 25.5 Å². The van der Waals surface area contributed by atoms with E-state index in [4.69, 9.17) is 10.5 Å². The molecule has 1 saturated heterocycles. The van der Waals surface area contributed by atoms with Crippen molar-refractivity contribution >= 4 is 23.4 Å². The summed E-state index contributed by atoms with van der Waals surface area (Å²) < 4.78 is 5.41. The van der Waals surface area contributed by atoms with Crippen molar-refractivity contribution in [3.05, 3.63) is 22.2 Å². The standard InChI is InChI=1S/C15H23N5O4/c1-10-9-18(7-8-19(10)14(21)24-15(2,3)4)12-6-5-11(20(22)23)13(16)17-12/h5-6,10H,7-9H2,1-4H3,(H2,16,17)/t10-/m0/s1. The van der Waals surface area contributed by atoms with Gasteiger partial charge in [-0.1, -0.05) is 0 Å². The number of nitro groups is 1. The van der Waals surface area contributed by atoms with E-state index in [9.17, 15) is 14.9 Å². The lowest BCUT2D eigenvalue weighted by Gasteiger charge is -2.40. The molecule has 0 aliphatic carbocycles. The van der Waals surface area contributed by atoms with Gasteiger partial charge in [0.25, 0.3) is 0 Å². The van der Waals surface area contributed by atoms with E-state index in [-0.39, 0.29) is 23.6 Å². The molecule has 0 saturated carbocycles. The number of carbonyl (C=O) groups is 1. The average molecular weight is 337 g/mol. The van der Waals surface area contributed by atoms with Gasteiger partial charge in [-0.05, 0) is 33.8 Å². The highest BCUT2D eigenvalue weighted by atomic mass is 16.6. The van der Waals surface area contributed by atoms with Crippen molar-refractivity contribution in [2.75, 3.05) is 30.3 Å². The molecule has 1 aliphatic rings. The summed E-state index contributed by atoms with van der Waals surface area (Å²) in [6.07, 6.45) is -0.342. The van der Waals surface area contributed by atoms with E-state index < -0.39 is 10.5 Å². The molecule has 2 N–H and O–H groups in total. The third kappa shape index (κ3) is 4.03. The Kier molecular flexibility index (Phi) is 4.81. The van der Waals surface area contributed by atoms with Crippen LogP contribution in [-0.4, -0.2) is 52.2 Å². The van der Waals surface area contributed by atoms with E-state index in [0.717, 1.165) is 0 Å². The number of amides is 1. The Morgan fingerprint density at radius 2 is 2.08 bits per heavy atom. The van der Waals surface area contributed by atoms with Gasteiger partial charge in [0.15, 0.2) is 0 Å². The first-order valence-electron chi connectivity index (χ1n) is 7.74. The van der Waals surface area contributed by atoms with E-state index in [1.807, 2.05) is 32.6 Å². The highest BCUT2D eigenvalue weighted by Crippen LogP contribution is 2.25. The van der Waals surface area contributed by atoms with Gasteiger partial charge in [0.05, 0.1) is 4.92 Å². The summed E-state index contributed by atoms with van der Waals surface area (Å²) in [6, 6.07) is 2.85. The Bertz CT molecular complexity index is 643. The molecule has 1 fully saturated rings. The molecule has 9 heteroatoms. The average Bonchev–Trinajstić information content (AvgIpc) is 2.44. The van der Waals surface area contributed by atoms with Gasteiger partial charge in [0, 0.05) is 31.7 Å². The molecule has 1 amide bonds. The van der Waals surface area contributed by atoms with Gasteiger partial charge in [-0.3, -0.25) is 10.1 Å². The molecule has 132 valence electrons. The Morgan fingerprint density at radius 1 is 1.42 bits per heavy atom. The predicted octanol–water partition coefficient (Wildman–Crippen LogP) is 2.02. The zero-order valence-corrected chi connectivity index (χ0v) is 14.4. The lowest BCUT2D eigenvalue weighted by molar-refractivity contribution is -0.384. The number of aromatic nitrogens is 1. The van der Waals surface area contributed by atoms with Crippen molar-refractivity contribution in [2.45, 2.75) is 39.3 Å². The van der Waals surface area contributed by atoms with Gasteiger partial charge in [-0.15, -0.1) is 0 Å². The van der Waals surface area contributed by atoms with Crippen molar-refractivity contribution in [3.8, 4) is 0 Å². The molecule has 0 bridgehead atoms. The molecule has 0 unspecified atom stereocenters. The van der Waals surface area contributed by atoms with Crippen LogP contribution in [0.4, 0.5) is 22.1 Å². The lowest BCUT2D eigenvalue weighted by Crippen LogP contribution is -2.55. The van der Waals surface area contributed by atoms with Crippen LogP contribution in [0.25, 0.3) is 0 Å². The number of pyridine rings is 1. The Hall–Kier alpha value is -2.58. The SMILES string of the molecule is C[C@H]1CN(c2ccc([N+](=O)[O-])c(N)n2)CCN1C(=O)OC(C)(C)C. The van der Waals surface area contributed by atoms with Crippen LogP contribution in [0.5, 0.6) is 0 Å². The zero-order valence-electron chi connectivity index (χ0n) is 14.4. The van der Waals surface area contributed by atoms with Crippen LogP contribution in [0, 0.1) is 10.1 Å². The summed E-state index contributed by atoms with van der Waals surface area (Å²) in [6.45, 7) is 8.98. The number of nitrogens with zero attached hydrogens (tertiary/aromatic N) is 4. The molecule has 1 aromatic heterocycles. The first-order valence-corrected chi connectivity index (χ1v) is 7.74. The van der Waals surface area contributed by atoms with Crippen LogP contribution in [-0.2, 0) is 4.74 Å². The second kappa shape index (κ2) is 6.50. The maximum Gasteiger partial charge on any atom is 0.410 e. The summed E-state index contributed by atoms with van der Waals surface area (Å²) in [7, 11) is 0. The molecule has 1 aliphatic heterocycles. The van der Waals surface area contributed by atoms with Gasteiger partial charge in [-0.25, -0.2) is 9.78 Å². The highest BCUT2D eigenvalue weighted by molar-refractivity contribution is 5.69. The highest BCUT2D eigenvalue weighted by Gasteiger charge is 2.31. The summed E-state index contributed by atoms with van der Waals surface area (Å²) in [5, 5.41) is 10.8. The Labute approximate surface area is 140 Å². The molecule has 1 atom stereocenters. The largest absolute Gasteiger partial charge is 0.444 e. The van der Waals surface area contributed by atoms with E-state index in [1.165, 1.54) is 6.07 Å². The van der Waals surface area contributed by atoms with Crippen LogP contribution >= 0.6 is 0 Å². The smallest absolute Gasteiger partial charge is 0.410 e. The second-order valence-electron chi connectivity index (χ2n) is 6.80. The van der Waals surface area contributed by atoms with Crippen molar-refractivity contribution in [3.63, 3.8) is 0 Å². The monoisotopic (exact) mass is 337 g/mol. The first-order chi connectivity index (χ1) is 11.1. The van der Waals surface area contributed by atoms with Crippen LogP contribution in [0.1, 0.15) is 27.7 Å². The van der Waals surface area contributed by atoms with Crippen LogP contribution in [0.15, 0.2) is 12.1 Å². The number of piperazine rings is 1. The van der Waals surface area contributed by atoms with Crippen molar-refractivity contribution in [1.82, 2.24) is 9.88 Å². The molecular weight excluding hydrogens is 314 g/mol. The van der Waals surface area contributed by atoms with Crippen molar-refractivity contribution in [2.24, 2.45) is 0 Å². The number of nitrogens with two attached hydrogens (primary N) is 1. The predicted molar refractivity (Wildman–Crippen MR) is 89.9 cm³/mol. The molecule has 1 aromatic rings. The quantitative estimate of drug-likeness (QED) is 0.648. The van der Waals surface area contributed by atoms with Crippen LogP contribution in [0.3, 0.4) is 0 Å². The van der Waals surface area contributed by atoms with Crippen molar-refractivity contribution in [1.29, 1.82) is 0 Å². The van der Waals surface area contributed by atoms with Gasteiger partial charge in [0.1, 0.15) is 11.4 Å². The van der Waals surface area contributed by atoms with E-state index in [1.54, 1.807) is 11.0 Å². The fourth-order valence-electron chi connectivity index (χ4n) is 2.54. The molecule has 24 heavy (non-hydrogen) atoms. The number of hydrogen-bond donors (Lipinski definition) is 1. The molecule has 0 spiro atoms. The molecule has 2 heterocycles. The number of rotatable bonds is 2. The molecule has 9 nitrogen and oxygen atoms in total. The minimum atomic E-state index is -0.560. The third-order valence-corrected chi connectivity index (χ3v) is 3.66. The fourth-order valence-corrected chi connectivity index (χ4v) is 2.54.